The zero-order valence-corrected chi connectivity index (χ0v) is 21.8. The SMILES string of the molecule is CCCCNC(=NCC(=O)N(C)C)N1CCC2C(CCCN2Cc2ccccc2)C1.I. The largest absolute Gasteiger partial charge is 0.356 e. The molecule has 1 aromatic rings. The van der Waals surface area contributed by atoms with Crippen LogP contribution in [0.3, 0.4) is 0 Å². The number of likely N-dealkylation sites (N-methyl/N-ethyl adjacent to an activating group) is 1. The van der Waals surface area contributed by atoms with E-state index in [-0.39, 0.29) is 36.4 Å². The number of fused-ring (bicyclic) bond motifs is 1. The second-order valence-electron chi connectivity index (χ2n) is 8.87. The lowest BCUT2D eigenvalue weighted by Gasteiger charge is -2.48. The van der Waals surface area contributed by atoms with Gasteiger partial charge in [0.25, 0.3) is 0 Å². The van der Waals surface area contributed by atoms with Crippen molar-refractivity contribution >= 4 is 35.8 Å². The second-order valence-corrected chi connectivity index (χ2v) is 8.87. The molecule has 0 spiro atoms. The van der Waals surface area contributed by atoms with Crippen molar-refractivity contribution in [2.75, 3.05) is 46.8 Å². The van der Waals surface area contributed by atoms with Gasteiger partial charge in [-0.3, -0.25) is 9.69 Å². The van der Waals surface area contributed by atoms with Crippen molar-refractivity contribution in [3.05, 3.63) is 35.9 Å². The summed E-state index contributed by atoms with van der Waals surface area (Å²) in [4.78, 5) is 23.5. The van der Waals surface area contributed by atoms with Crippen LogP contribution in [-0.4, -0.2) is 79.4 Å². The zero-order chi connectivity index (χ0) is 21.3. The van der Waals surface area contributed by atoms with Crippen molar-refractivity contribution in [1.29, 1.82) is 0 Å². The Labute approximate surface area is 205 Å². The Bertz CT molecular complexity index is 696. The number of aliphatic imine (C=N–C) groups is 1. The minimum Gasteiger partial charge on any atom is -0.356 e. The number of hydrogen-bond acceptors (Lipinski definition) is 3. The van der Waals surface area contributed by atoms with Gasteiger partial charge >= 0.3 is 0 Å². The molecule has 2 heterocycles. The summed E-state index contributed by atoms with van der Waals surface area (Å²) in [5.74, 6) is 1.63. The molecule has 3 rings (SSSR count). The molecule has 0 bridgehead atoms. The van der Waals surface area contributed by atoms with Crippen LogP contribution in [0.4, 0.5) is 0 Å². The van der Waals surface area contributed by atoms with E-state index in [1.54, 1.807) is 19.0 Å². The predicted molar refractivity (Wildman–Crippen MR) is 139 cm³/mol. The summed E-state index contributed by atoms with van der Waals surface area (Å²) in [6.07, 6.45) is 5.97. The van der Waals surface area contributed by atoms with E-state index < -0.39 is 0 Å². The molecule has 31 heavy (non-hydrogen) atoms. The Kier molecular flexibility index (Phi) is 11.1. The van der Waals surface area contributed by atoms with Gasteiger partial charge in [0, 0.05) is 46.3 Å². The van der Waals surface area contributed by atoms with Crippen LogP contribution in [0.5, 0.6) is 0 Å². The number of nitrogens with zero attached hydrogens (tertiary/aromatic N) is 4. The average molecular weight is 542 g/mol. The van der Waals surface area contributed by atoms with Crippen molar-refractivity contribution in [2.45, 2.75) is 51.6 Å². The molecule has 2 saturated heterocycles. The first-order valence-corrected chi connectivity index (χ1v) is 11.6. The normalized spacial score (nSPS) is 21.8. The van der Waals surface area contributed by atoms with Gasteiger partial charge in [-0.2, -0.15) is 0 Å². The molecule has 1 aromatic carbocycles. The molecule has 1 amide bonds. The molecule has 0 saturated carbocycles. The van der Waals surface area contributed by atoms with E-state index in [9.17, 15) is 4.79 Å². The van der Waals surface area contributed by atoms with Crippen molar-refractivity contribution < 1.29 is 4.79 Å². The summed E-state index contributed by atoms with van der Waals surface area (Å²) in [5, 5.41) is 3.52. The number of benzene rings is 1. The maximum absolute atomic E-state index is 12.1. The number of unbranched alkanes of at least 4 members (excludes halogenated alkanes) is 1. The third kappa shape index (κ3) is 7.63. The van der Waals surface area contributed by atoms with Gasteiger partial charge in [0.1, 0.15) is 6.54 Å². The molecule has 6 nitrogen and oxygen atoms in total. The molecule has 0 radical (unpaired) electrons. The van der Waals surface area contributed by atoms with Crippen LogP contribution in [0.25, 0.3) is 0 Å². The van der Waals surface area contributed by atoms with Crippen molar-refractivity contribution in [2.24, 2.45) is 10.9 Å². The molecular weight excluding hydrogens is 501 g/mol. The number of rotatable bonds is 7. The molecular formula is C24H40IN5O. The minimum absolute atomic E-state index is 0. The lowest BCUT2D eigenvalue weighted by molar-refractivity contribution is -0.127. The number of carbonyl (C=O) groups is 1. The fourth-order valence-corrected chi connectivity index (χ4v) is 4.64. The van der Waals surface area contributed by atoms with Crippen molar-refractivity contribution in [3.8, 4) is 0 Å². The third-order valence-corrected chi connectivity index (χ3v) is 6.39. The van der Waals surface area contributed by atoms with Gasteiger partial charge in [0.15, 0.2) is 5.96 Å². The van der Waals surface area contributed by atoms with Gasteiger partial charge in [-0.15, -0.1) is 24.0 Å². The van der Waals surface area contributed by atoms with E-state index in [2.05, 4.69) is 52.4 Å². The predicted octanol–water partition coefficient (Wildman–Crippen LogP) is 3.42. The molecule has 2 aliphatic heterocycles. The molecule has 0 aliphatic carbocycles. The Balaban J connectivity index is 0.00000341. The second kappa shape index (κ2) is 13.3. The van der Waals surface area contributed by atoms with Crippen LogP contribution in [-0.2, 0) is 11.3 Å². The molecule has 0 aromatic heterocycles. The Morgan fingerprint density at radius 2 is 1.97 bits per heavy atom. The standard InChI is InChI=1S/C24H39N5O.HI/c1-4-5-14-25-24(26-17-23(30)27(2)3)29-16-13-22-21(19-29)12-9-15-28(22)18-20-10-7-6-8-11-20;/h6-8,10-11,21-22H,4-5,9,12-19H2,1-3H3,(H,25,26);1H. The van der Waals surface area contributed by atoms with E-state index in [1.165, 1.54) is 24.9 Å². The van der Waals surface area contributed by atoms with Gasteiger partial charge in [-0.1, -0.05) is 43.7 Å². The smallest absolute Gasteiger partial charge is 0.243 e. The summed E-state index contributed by atoms with van der Waals surface area (Å²) in [5.41, 5.74) is 1.41. The monoisotopic (exact) mass is 541 g/mol. The zero-order valence-electron chi connectivity index (χ0n) is 19.4. The van der Waals surface area contributed by atoms with E-state index in [0.29, 0.717) is 12.0 Å². The summed E-state index contributed by atoms with van der Waals surface area (Å²) in [7, 11) is 3.58. The average Bonchev–Trinajstić information content (AvgIpc) is 2.76. The quantitative estimate of drug-likeness (QED) is 0.249. The van der Waals surface area contributed by atoms with Crippen LogP contribution in [0.1, 0.15) is 44.6 Å². The third-order valence-electron chi connectivity index (χ3n) is 6.39. The van der Waals surface area contributed by atoms with Gasteiger partial charge in [-0.05, 0) is 43.7 Å². The summed E-state index contributed by atoms with van der Waals surface area (Å²) < 4.78 is 0. The number of halogens is 1. The van der Waals surface area contributed by atoms with Crippen LogP contribution < -0.4 is 5.32 Å². The number of guanidine groups is 1. The lowest BCUT2D eigenvalue weighted by atomic mass is 9.83. The number of nitrogens with one attached hydrogen (secondary N) is 1. The molecule has 2 unspecified atom stereocenters. The van der Waals surface area contributed by atoms with Gasteiger partial charge < -0.3 is 15.1 Å². The van der Waals surface area contributed by atoms with E-state index >= 15 is 0 Å². The number of carbonyl (C=O) groups excluding carboxylic acids is 1. The topological polar surface area (TPSA) is 51.2 Å². The Morgan fingerprint density at radius 1 is 1.19 bits per heavy atom. The van der Waals surface area contributed by atoms with Gasteiger partial charge in [0.2, 0.25) is 5.91 Å². The van der Waals surface area contributed by atoms with Gasteiger partial charge in [0.05, 0.1) is 0 Å². The van der Waals surface area contributed by atoms with Gasteiger partial charge in [-0.25, -0.2) is 4.99 Å². The van der Waals surface area contributed by atoms with E-state index in [0.717, 1.165) is 51.4 Å². The fourth-order valence-electron chi connectivity index (χ4n) is 4.64. The molecule has 2 aliphatic rings. The van der Waals surface area contributed by atoms with Crippen LogP contribution in [0, 0.1) is 5.92 Å². The maximum atomic E-state index is 12.1. The van der Waals surface area contributed by atoms with Crippen molar-refractivity contribution in [1.82, 2.24) is 20.0 Å². The van der Waals surface area contributed by atoms with Crippen molar-refractivity contribution in [3.63, 3.8) is 0 Å². The minimum atomic E-state index is 0. The van der Waals surface area contributed by atoms with Crippen LogP contribution in [0.2, 0.25) is 0 Å². The number of likely N-dealkylation sites (tertiary alicyclic amines) is 2. The lowest BCUT2D eigenvalue weighted by Crippen LogP contribution is -2.56. The maximum Gasteiger partial charge on any atom is 0.243 e. The molecule has 7 heteroatoms. The highest BCUT2D eigenvalue weighted by Crippen LogP contribution is 2.31. The van der Waals surface area contributed by atoms with E-state index in [1.807, 2.05) is 0 Å². The number of hydrogen-bond donors (Lipinski definition) is 1. The summed E-state index contributed by atoms with van der Waals surface area (Å²) >= 11 is 0. The van der Waals surface area contributed by atoms with Crippen LogP contribution >= 0.6 is 24.0 Å². The highest BCUT2D eigenvalue weighted by molar-refractivity contribution is 14.0. The van der Waals surface area contributed by atoms with E-state index in [4.69, 9.17) is 4.99 Å². The molecule has 174 valence electrons. The Morgan fingerprint density at radius 3 is 2.68 bits per heavy atom. The fraction of sp³-hybridized carbons (Fsp3) is 0.667. The first kappa shape index (κ1) is 25.9. The molecule has 2 fully saturated rings. The number of piperidine rings is 2. The summed E-state index contributed by atoms with van der Waals surface area (Å²) in [6.45, 7) is 7.61. The highest BCUT2D eigenvalue weighted by Gasteiger charge is 2.36. The van der Waals surface area contributed by atoms with Crippen LogP contribution in [0.15, 0.2) is 35.3 Å². The number of amides is 1. The first-order chi connectivity index (χ1) is 14.6. The summed E-state index contributed by atoms with van der Waals surface area (Å²) in [6, 6.07) is 11.5. The first-order valence-electron chi connectivity index (χ1n) is 11.6. The molecule has 1 N–H and O–H groups in total. The highest BCUT2D eigenvalue weighted by atomic mass is 127. The molecule has 2 atom stereocenters. The Hall–Kier alpha value is -1.35.